The lowest BCUT2D eigenvalue weighted by Gasteiger charge is -2.16. The molecule has 1 aromatic heterocycles. The predicted octanol–water partition coefficient (Wildman–Crippen LogP) is 9.12. The van der Waals surface area contributed by atoms with Gasteiger partial charge in [-0.2, -0.15) is 8.78 Å². The van der Waals surface area contributed by atoms with Gasteiger partial charge >= 0.3 is 12.5 Å². The number of fused-ring (bicyclic) bond motifs is 1. The molecule has 4 aromatic carbocycles. The summed E-state index contributed by atoms with van der Waals surface area (Å²) in [5, 5.41) is -0.881. The normalized spacial score (nSPS) is 11.7. The molecule has 0 amide bonds. The minimum atomic E-state index is -5.18. The van der Waals surface area contributed by atoms with Gasteiger partial charge < -0.3 is 9.47 Å². The van der Waals surface area contributed by atoms with E-state index in [9.17, 15) is 26.3 Å². The number of benzene rings is 4. The van der Waals surface area contributed by atoms with Crippen LogP contribution in [-0.2, 0) is 6.11 Å². The van der Waals surface area contributed by atoms with Crippen LogP contribution in [0.25, 0.3) is 21.3 Å². The maximum Gasteiger partial charge on any atom is 0.573 e. The van der Waals surface area contributed by atoms with Gasteiger partial charge in [0.25, 0.3) is 0 Å². The van der Waals surface area contributed by atoms with E-state index in [0.717, 1.165) is 17.7 Å². The van der Waals surface area contributed by atoms with Gasteiger partial charge in [0.05, 0.1) is 15.8 Å². The topological polar surface area (TPSA) is 31.4 Å². The van der Waals surface area contributed by atoms with E-state index in [1.165, 1.54) is 18.2 Å². The Morgan fingerprint density at radius 1 is 0.714 bits per heavy atom. The van der Waals surface area contributed by atoms with Gasteiger partial charge in [-0.05, 0) is 61.0 Å². The van der Waals surface area contributed by atoms with Crippen molar-refractivity contribution in [1.29, 1.82) is 0 Å². The molecule has 0 aliphatic carbocycles. The molecule has 0 saturated heterocycles. The average Bonchev–Trinajstić information content (AvgIpc) is 3.34. The van der Waals surface area contributed by atoms with Crippen molar-refractivity contribution in [3.05, 3.63) is 112 Å². The lowest BCUT2D eigenvalue weighted by molar-refractivity contribution is -0.275. The standard InChI is InChI=1S/C30H15F8NO2S/c1-16-2-4-17(5-3-16)6-7-18-12-22(32)27(23(33)13-18)19-8-10-24-26(14-19)42-28(39-24)29(34,35)40-20-9-11-25(21(31)15-20)41-30(36,37)38/h2-5,8-15H,1H3. The molecule has 0 spiro atoms. The number of aryl methyl sites for hydroxylation is 1. The lowest BCUT2D eigenvalue weighted by atomic mass is 10.0. The summed E-state index contributed by atoms with van der Waals surface area (Å²) in [6, 6.07) is 14.7. The molecule has 5 rings (SSSR count). The number of thiazole rings is 1. The third-order valence-electron chi connectivity index (χ3n) is 5.75. The van der Waals surface area contributed by atoms with Crippen molar-refractivity contribution in [2.45, 2.75) is 19.4 Å². The largest absolute Gasteiger partial charge is 0.573 e. The maximum absolute atomic E-state index is 15.0. The van der Waals surface area contributed by atoms with Crippen LogP contribution in [0.4, 0.5) is 35.1 Å². The summed E-state index contributed by atoms with van der Waals surface area (Å²) < 4.78 is 119. The number of alkyl halides is 5. The van der Waals surface area contributed by atoms with E-state index in [1.807, 2.05) is 19.1 Å². The van der Waals surface area contributed by atoms with Crippen molar-refractivity contribution in [1.82, 2.24) is 4.98 Å². The van der Waals surface area contributed by atoms with Crippen LogP contribution in [0, 0.1) is 36.2 Å². The molecule has 3 nitrogen and oxygen atoms in total. The first-order valence-corrected chi connectivity index (χ1v) is 12.7. The first-order chi connectivity index (χ1) is 19.8. The Morgan fingerprint density at radius 2 is 1.38 bits per heavy atom. The lowest BCUT2D eigenvalue weighted by Crippen LogP contribution is -2.22. The smallest absolute Gasteiger partial charge is 0.427 e. The minimum absolute atomic E-state index is 0.0531. The molecule has 0 aliphatic rings. The van der Waals surface area contributed by atoms with Crippen molar-refractivity contribution in [2.75, 3.05) is 0 Å². The van der Waals surface area contributed by atoms with Crippen molar-refractivity contribution >= 4 is 21.6 Å². The fraction of sp³-hybridized carbons (Fsp3) is 0.100. The van der Waals surface area contributed by atoms with Crippen LogP contribution in [0.1, 0.15) is 21.7 Å². The van der Waals surface area contributed by atoms with Crippen LogP contribution in [0.2, 0.25) is 0 Å². The van der Waals surface area contributed by atoms with E-state index >= 15 is 8.78 Å². The zero-order valence-electron chi connectivity index (χ0n) is 21.1. The molecular formula is C30H15F8NO2S. The molecule has 42 heavy (non-hydrogen) atoms. The Kier molecular flexibility index (Phi) is 7.55. The molecule has 0 saturated carbocycles. The molecule has 0 aliphatic heterocycles. The highest BCUT2D eigenvalue weighted by atomic mass is 32.1. The molecule has 0 fully saturated rings. The number of ether oxygens (including phenoxy) is 2. The highest BCUT2D eigenvalue weighted by molar-refractivity contribution is 7.18. The second kappa shape index (κ2) is 11.0. The first-order valence-electron chi connectivity index (χ1n) is 11.9. The van der Waals surface area contributed by atoms with Gasteiger partial charge in [-0.15, -0.1) is 24.5 Å². The highest BCUT2D eigenvalue weighted by Gasteiger charge is 2.39. The summed E-state index contributed by atoms with van der Waals surface area (Å²) in [5.41, 5.74) is 1.51. The molecule has 0 unspecified atom stereocenters. The quantitative estimate of drug-likeness (QED) is 0.148. The molecule has 5 aromatic rings. The number of hydrogen-bond acceptors (Lipinski definition) is 4. The molecule has 214 valence electrons. The van der Waals surface area contributed by atoms with Crippen LogP contribution in [0.5, 0.6) is 11.5 Å². The summed E-state index contributed by atoms with van der Waals surface area (Å²) in [6.07, 6.45) is -9.31. The van der Waals surface area contributed by atoms with Crippen molar-refractivity contribution in [2.24, 2.45) is 0 Å². The van der Waals surface area contributed by atoms with E-state index in [4.69, 9.17) is 0 Å². The van der Waals surface area contributed by atoms with E-state index in [-0.39, 0.29) is 21.3 Å². The fourth-order valence-corrected chi connectivity index (χ4v) is 4.77. The van der Waals surface area contributed by atoms with Crippen LogP contribution in [0.3, 0.4) is 0 Å². The fourth-order valence-electron chi connectivity index (χ4n) is 3.85. The number of nitrogens with zero attached hydrogens (tertiary/aromatic N) is 1. The highest BCUT2D eigenvalue weighted by Crippen LogP contribution is 2.39. The van der Waals surface area contributed by atoms with E-state index < -0.39 is 52.0 Å². The Bertz CT molecular complexity index is 1830. The third-order valence-corrected chi connectivity index (χ3v) is 6.82. The SMILES string of the molecule is Cc1ccc(C#Cc2cc(F)c(-c3ccc4nc(C(F)(F)Oc5ccc(OC(F)(F)F)c(F)c5)sc4c3)c(F)c2)cc1. The maximum atomic E-state index is 15.0. The minimum Gasteiger partial charge on any atom is -0.427 e. The molecule has 0 atom stereocenters. The second-order valence-electron chi connectivity index (χ2n) is 8.89. The van der Waals surface area contributed by atoms with Crippen LogP contribution < -0.4 is 9.47 Å². The molecule has 1 heterocycles. The molecule has 0 bridgehead atoms. The summed E-state index contributed by atoms with van der Waals surface area (Å²) in [4.78, 5) is 3.79. The number of halogens is 8. The summed E-state index contributed by atoms with van der Waals surface area (Å²) in [7, 11) is 0. The third kappa shape index (κ3) is 6.47. The number of rotatable bonds is 5. The molecule has 0 N–H and O–H groups in total. The average molecular weight is 606 g/mol. The molecule has 0 radical (unpaired) electrons. The number of aromatic nitrogens is 1. The Labute approximate surface area is 237 Å². The second-order valence-corrected chi connectivity index (χ2v) is 9.92. The molecule has 12 heteroatoms. The first kappa shape index (κ1) is 28.9. The van der Waals surface area contributed by atoms with Gasteiger partial charge in [0, 0.05) is 17.2 Å². The number of hydrogen-bond donors (Lipinski definition) is 0. The summed E-state index contributed by atoms with van der Waals surface area (Å²) in [6.45, 7) is 1.91. The van der Waals surface area contributed by atoms with Gasteiger partial charge in [-0.3, -0.25) is 0 Å². The Balaban J connectivity index is 1.39. The van der Waals surface area contributed by atoms with Crippen molar-refractivity contribution in [3.8, 4) is 34.5 Å². The summed E-state index contributed by atoms with van der Waals surface area (Å²) in [5.74, 6) is 0.116. The van der Waals surface area contributed by atoms with Crippen molar-refractivity contribution < 1.29 is 44.6 Å². The van der Waals surface area contributed by atoms with Crippen LogP contribution in [0.15, 0.2) is 72.8 Å². The van der Waals surface area contributed by atoms with Gasteiger partial charge in [0.1, 0.15) is 17.4 Å². The summed E-state index contributed by atoms with van der Waals surface area (Å²) >= 11 is 0.449. The zero-order valence-corrected chi connectivity index (χ0v) is 21.9. The molecular weight excluding hydrogens is 590 g/mol. The van der Waals surface area contributed by atoms with Crippen molar-refractivity contribution in [3.63, 3.8) is 0 Å². The monoisotopic (exact) mass is 605 g/mol. The van der Waals surface area contributed by atoms with E-state index in [2.05, 4.69) is 26.3 Å². The van der Waals surface area contributed by atoms with E-state index in [1.54, 1.807) is 12.1 Å². The van der Waals surface area contributed by atoms with Crippen LogP contribution >= 0.6 is 11.3 Å². The zero-order chi connectivity index (χ0) is 30.2. The van der Waals surface area contributed by atoms with E-state index in [0.29, 0.717) is 35.1 Å². The Morgan fingerprint density at radius 3 is 2.02 bits per heavy atom. The Hall–Kier alpha value is -4.63. The van der Waals surface area contributed by atoms with Crippen LogP contribution in [-0.4, -0.2) is 11.3 Å². The van der Waals surface area contributed by atoms with Gasteiger partial charge in [0.2, 0.25) is 5.01 Å². The van der Waals surface area contributed by atoms with Gasteiger partial charge in [0.15, 0.2) is 11.6 Å². The van der Waals surface area contributed by atoms with Gasteiger partial charge in [-0.25, -0.2) is 18.2 Å². The van der Waals surface area contributed by atoms with Gasteiger partial charge in [-0.1, -0.05) is 35.6 Å². The predicted molar refractivity (Wildman–Crippen MR) is 140 cm³/mol.